The minimum atomic E-state index is 0.239. The fourth-order valence-electron chi connectivity index (χ4n) is 2.87. The second-order valence-corrected chi connectivity index (χ2v) is 6.08. The van der Waals surface area contributed by atoms with Crippen LogP contribution in [0.4, 0.5) is 0 Å². The number of furan rings is 1. The van der Waals surface area contributed by atoms with Gasteiger partial charge in [-0.2, -0.15) is 0 Å². The molecule has 21 heavy (non-hydrogen) atoms. The summed E-state index contributed by atoms with van der Waals surface area (Å²) in [4.78, 5) is 13.3. The van der Waals surface area contributed by atoms with Crippen molar-refractivity contribution in [2.45, 2.75) is 39.3 Å². The molecule has 2 aromatic rings. The largest absolute Gasteiger partial charge is 0.460 e. The maximum absolute atomic E-state index is 11.5. The second kappa shape index (κ2) is 5.53. The zero-order valence-electron chi connectivity index (χ0n) is 12.9. The molecule has 2 heterocycles. The molecule has 1 amide bonds. The second-order valence-electron chi connectivity index (χ2n) is 6.08. The van der Waals surface area contributed by atoms with Crippen molar-refractivity contribution in [1.82, 2.24) is 10.2 Å². The Morgan fingerprint density at radius 1 is 1.29 bits per heavy atom. The summed E-state index contributed by atoms with van der Waals surface area (Å²) in [7, 11) is 1.86. The Balaban J connectivity index is 1.67. The van der Waals surface area contributed by atoms with Crippen molar-refractivity contribution in [3.8, 4) is 0 Å². The lowest BCUT2D eigenvalue weighted by Gasteiger charge is -2.30. The van der Waals surface area contributed by atoms with Crippen LogP contribution in [0.2, 0.25) is 0 Å². The van der Waals surface area contributed by atoms with Crippen LogP contribution in [0, 0.1) is 13.8 Å². The number of fused-ring (bicyclic) bond motifs is 1. The number of aryl methyl sites for hydroxylation is 2. The average molecular weight is 286 g/mol. The van der Waals surface area contributed by atoms with Crippen LogP contribution in [0.15, 0.2) is 22.6 Å². The molecule has 1 saturated heterocycles. The number of amides is 1. The van der Waals surface area contributed by atoms with Crippen molar-refractivity contribution in [3.63, 3.8) is 0 Å². The number of nitrogens with one attached hydrogen (secondary N) is 1. The summed E-state index contributed by atoms with van der Waals surface area (Å²) in [5.74, 6) is 1.19. The zero-order valence-corrected chi connectivity index (χ0v) is 12.9. The predicted molar refractivity (Wildman–Crippen MR) is 83.2 cm³/mol. The van der Waals surface area contributed by atoms with Gasteiger partial charge in [-0.25, -0.2) is 0 Å². The van der Waals surface area contributed by atoms with E-state index in [4.69, 9.17) is 4.42 Å². The van der Waals surface area contributed by atoms with Crippen LogP contribution in [0.1, 0.15) is 29.7 Å². The number of piperidine rings is 1. The highest BCUT2D eigenvalue weighted by atomic mass is 16.3. The molecule has 1 aliphatic heterocycles. The van der Waals surface area contributed by atoms with Crippen molar-refractivity contribution in [2.75, 3.05) is 13.6 Å². The first kappa shape index (κ1) is 14.1. The van der Waals surface area contributed by atoms with E-state index in [1.54, 1.807) is 4.90 Å². The third kappa shape index (κ3) is 2.95. The van der Waals surface area contributed by atoms with E-state index in [-0.39, 0.29) is 5.91 Å². The van der Waals surface area contributed by atoms with Crippen molar-refractivity contribution in [2.24, 2.45) is 0 Å². The average Bonchev–Trinajstić information content (AvgIpc) is 2.82. The SMILES string of the molecule is Cc1cc2cc(CNC3CCC(=O)N(C)C3)oc2cc1C. The molecule has 1 aliphatic rings. The molecular weight excluding hydrogens is 264 g/mol. The maximum atomic E-state index is 11.5. The third-order valence-electron chi connectivity index (χ3n) is 4.38. The van der Waals surface area contributed by atoms with Crippen LogP contribution < -0.4 is 5.32 Å². The summed E-state index contributed by atoms with van der Waals surface area (Å²) < 4.78 is 5.90. The number of likely N-dealkylation sites (N-methyl/N-ethyl adjacent to an activating group) is 1. The molecular formula is C17H22N2O2. The highest BCUT2D eigenvalue weighted by Crippen LogP contribution is 2.23. The first-order valence-corrected chi connectivity index (χ1v) is 7.50. The van der Waals surface area contributed by atoms with Gasteiger partial charge in [0.15, 0.2) is 0 Å². The first-order chi connectivity index (χ1) is 10.0. The normalized spacial score (nSPS) is 19.5. The summed E-state index contributed by atoms with van der Waals surface area (Å²) in [6.07, 6.45) is 1.54. The van der Waals surface area contributed by atoms with Crippen LogP contribution in [-0.2, 0) is 11.3 Å². The Morgan fingerprint density at radius 2 is 2.05 bits per heavy atom. The molecule has 1 unspecified atom stereocenters. The van der Waals surface area contributed by atoms with Crippen molar-refractivity contribution < 1.29 is 9.21 Å². The van der Waals surface area contributed by atoms with E-state index in [1.807, 2.05) is 7.05 Å². The number of carbonyl (C=O) groups excluding carboxylic acids is 1. The number of hydrogen-bond donors (Lipinski definition) is 1. The molecule has 0 aliphatic carbocycles. The molecule has 3 rings (SSSR count). The summed E-state index contributed by atoms with van der Waals surface area (Å²) >= 11 is 0. The minimum Gasteiger partial charge on any atom is -0.460 e. The van der Waals surface area contributed by atoms with Gasteiger partial charge in [0.05, 0.1) is 6.54 Å². The van der Waals surface area contributed by atoms with Gasteiger partial charge in [-0.3, -0.25) is 4.79 Å². The number of likely N-dealkylation sites (tertiary alicyclic amines) is 1. The van der Waals surface area contributed by atoms with Gasteiger partial charge in [0.25, 0.3) is 0 Å². The molecule has 4 nitrogen and oxygen atoms in total. The predicted octanol–water partition coefficient (Wildman–Crippen LogP) is 2.76. The number of nitrogens with zero attached hydrogens (tertiary/aromatic N) is 1. The van der Waals surface area contributed by atoms with Gasteiger partial charge < -0.3 is 14.6 Å². The van der Waals surface area contributed by atoms with E-state index in [9.17, 15) is 4.79 Å². The van der Waals surface area contributed by atoms with E-state index in [0.717, 1.165) is 29.7 Å². The molecule has 1 N–H and O–H groups in total. The molecule has 1 atom stereocenters. The molecule has 0 bridgehead atoms. The van der Waals surface area contributed by atoms with Crippen LogP contribution in [-0.4, -0.2) is 30.4 Å². The van der Waals surface area contributed by atoms with Crippen LogP contribution in [0.3, 0.4) is 0 Å². The van der Waals surface area contributed by atoms with Crippen molar-refractivity contribution in [3.05, 3.63) is 35.1 Å². The van der Waals surface area contributed by atoms with Gasteiger partial charge in [-0.1, -0.05) is 0 Å². The fourth-order valence-corrected chi connectivity index (χ4v) is 2.87. The lowest BCUT2D eigenvalue weighted by atomic mass is 10.1. The molecule has 112 valence electrons. The van der Waals surface area contributed by atoms with Gasteiger partial charge in [0, 0.05) is 31.4 Å². The highest BCUT2D eigenvalue weighted by molar-refractivity contribution is 5.79. The molecule has 0 radical (unpaired) electrons. The van der Waals surface area contributed by atoms with Gasteiger partial charge in [-0.05, 0) is 49.6 Å². The smallest absolute Gasteiger partial charge is 0.222 e. The molecule has 1 aromatic heterocycles. The lowest BCUT2D eigenvalue weighted by molar-refractivity contribution is -0.132. The van der Waals surface area contributed by atoms with Crippen LogP contribution >= 0.6 is 0 Å². The minimum absolute atomic E-state index is 0.239. The van der Waals surface area contributed by atoms with Crippen molar-refractivity contribution >= 4 is 16.9 Å². The van der Waals surface area contributed by atoms with Gasteiger partial charge in [-0.15, -0.1) is 0 Å². The third-order valence-corrected chi connectivity index (χ3v) is 4.38. The van der Waals surface area contributed by atoms with Crippen LogP contribution in [0.5, 0.6) is 0 Å². The Morgan fingerprint density at radius 3 is 2.81 bits per heavy atom. The maximum Gasteiger partial charge on any atom is 0.222 e. The van der Waals surface area contributed by atoms with E-state index in [0.29, 0.717) is 19.0 Å². The van der Waals surface area contributed by atoms with Crippen LogP contribution in [0.25, 0.3) is 11.0 Å². The molecule has 1 fully saturated rings. The molecule has 0 saturated carbocycles. The van der Waals surface area contributed by atoms with Gasteiger partial charge >= 0.3 is 0 Å². The molecule has 0 spiro atoms. The number of benzene rings is 1. The number of hydrogen-bond acceptors (Lipinski definition) is 3. The van der Waals surface area contributed by atoms with E-state index < -0.39 is 0 Å². The summed E-state index contributed by atoms with van der Waals surface area (Å²) in [5, 5.41) is 4.65. The Bertz CT molecular complexity index is 636. The van der Waals surface area contributed by atoms with E-state index in [2.05, 4.69) is 37.4 Å². The number of rotatable bonds is 3. The number of carbonyl (C=O) groups is 1. The van der Waals surface area contributed by atoms with Gasteiger partial charge in [0.2, 0.25) is 5.91 Å². The first-order valence-electron chi connectivity index (χ1n) is 7.50. The van der Waals surface area contributed by atoms with E-state index in [1.165, 1.54) is 11.1 Å². The summed E-state index contributed by atoms with van der Waals surface area (Å²) in [5.41, 5.74) is 3.49. The lowest BCUT2D eigenvalue weighted by Crippen LogP contribution is -2.46. The monoisotopic (exact) mass is 286 g/mol. The Hall–Kier alpha value is -1.81. The topological polar surface area (TPSA) is 45.5 Å². The highest BCUT2D eigenvalue weighted by Gasteiger charge is 2.22. The Kier molecular flexibility index (Phi) is 3.72. The van der Waals surface area contributed by atoms with Crippen molar-refractivity contribution in [1.29, 1.82) is 0 Å². The van der Waals surface area contributed by atoms with E-state index >= 15 is 0 Å². The quantitative estimate of drug-likeness (QED) is 0.943. The molecule has 4 heteroatoms. The summed E-state index contributed by atoms with van der Waals surface area (Å²) in [6.45, 7) is 5.70. The Labute approximate surface area is 125 Å². The standard InChI is InChI=1S/C17H22N2O2/c1-11-6-13-8-15(21-16(13)7-12(11)2)9-18-14-4-5-17(20)19(3)10-14/h6-8,14,18H,4-5,9-10H2,1-3H3. The summed E-state index contributed by atoms with van der Waals surface area (Å²) in [6, 6.07) is 6.72. The van der Waals surface area contributed by atoms with Gasteiger partial charge in [0.1, 0.15) is 11.3 Å². The zero-order chi connectivity index (χ0) is 15.0. The molecule has 1 aromatic carbocycles. The fraction of sp³-hybridized carbons (Fsp3) is 0.471.